The molecule has 1 amide bonds. The monoisotopic (exact) mass is 276 g/mol. The van der Waals surface area contributed by atoms with E-state index >= 15 is 0 Å². The molecule has 2 rings (SSSR count). The molecule has 0 saturated heterocycles. The second kappa shape index (κ2) is 5.58. The van der Waals surface area contributed by atoms with Gasteiger partial charge in [-0.2, -0.15) is 5.10 Å². The van der Waals surface area contributed by atoms with Crippen molar-refractivity contribution in [2.75, 3.05) is 6.61 Å². The molecule has 0 aliphatic rings. The Labute approximate surface area is 117 Å². The van der Waals surface area contributed by atoms with Crippen LogP contribution in [0.15, 0.2) is 12.3 Å². The van der Waals surface area contributed by atoms with Crippen molar-refractivity contribution >= 4 is 16.9 Å². The zero-order valence-electron chi connectivity index (χ0n) is 12.2. The van der Waals surface area contributed by atoms with Crippen molar-refractivity contribution in [3.05, 3.63) is 23.5 Å². The molecule has 0 fully saturated rings. The molecule has 2 heterocycles. The molecular weight excluding hydrogens is 256 g/mol. The second-order valence-corrected chi connectivity index (χ2v) is 5.29. The number of nitrogens with one attached hydrogen (secondary N) is 1. The van der Waals surface area contributed by atoms with Gasteiger partial charge in [0.25, 0.3) is 5.91 Å². The zero-order chi connectivity index (χ0) is 14.9. The number of carbonyl (C=O) groups excluding carboxylic acids is 1. The minimum Gasteiger partial charge on any atom is -0.394 e. The van der Waals surface area contributed by atoms with E-state index < -0.39 is 0 Å². The summed E-state index contributed by atoms with van der Waals surface area (Å²) < 4.78 is 1.80. The smallest absolute Gasteiger partial charge is 0.252 e. The SMILES string of the molecule is Cc1cc(C(=O)NC(C)CO)c2cnn(C(C)C)c2n1. The lowest BCUT2D eigenvalue weighted by Gasteiger charge is -2.12. The average molecular weight is 276 g/mol. The van der Waals surface area contributed by atoms with Gasteiger partial charge in [-0.3, -0.25) is 4.79 Å². The van der Waals surface area contributed by atoms with E-state index in [0.717, 1.165) is 11.1 Å². The predicted molar refractivity (Wildman–Crippen MR) is 76.7 cm³/mol. The van der Waals surface area contributed by atoms with Crippen molar-refractivity contribution in [1.29, 1.82) is 0 Å². The van der Waals surface area contributed by atoms with Gasteiger partial charge in [0, 0.05) is 17.8 Å². The summed E-state index contributed by atoms with van der Waals surface area (Å²) in [5.41, 5.74) is 2.02. The fourth-order valence-corrected chi connectivity index (χ4v) is 2.06. The molecule has 6 nitrogen and oxygen atoms in total. The first-order valence-corrected chi connectivity index (χ1v) is 6.70. The Morgan fingerprint density at radius 3 is 2.75 bits per heavy atom. The molecule has 1 unspecified atom stereocenters. The molecule has 6 heteroatoms. The normalized spacial score (nSPS) is 12.9. The maximum atomic E-state index is 12.3. The van der Waals surface area contributed by atoms with Crippen LogP contribution in [0.4, 0.5) is 0 Å². The Morgan fingerprint density at radius 1 is 1.45 bits per heavy atom. The number of nitrogens with zero attached hydrogens (tertiary/aromatic N) is 3. The van der Waals surface area contributed by atoms with E-state index in [1.165, 1.54) is 0 Å². The Morgan fingerprint density at radius 2 is 2.15 bits per heavy atom. The van der Waals surface area contributed by atoms with Crippen molar-refractivity contribution < 1.29 is 9.90 Å². The summed E-state index contributed by atoms with van der Waals surface area (Å²) in [7, 11) is 0. The van der Waals surface area contributed by atoms with E-state index in [1.807, 2.05) is 20.8 Å². The van der Waals surface area contributed by atoms with E-state index in [-0.39, 0.29) is 24.6 Å². The summed E-state index contributed by atoms with van der Waals surface area (Å²) in [6, 6.07) is 1.63. The van der Waals surface area contributed by atoms with Crippen molar-refractivity contribution in [2.45, 2.75) is 39.8 Å². The Kier molecular flexibility index (Phi) is 4.04. The van der Waals surface area contributed by atoms with Gasteiger partial charge in [-0.1, -0.05) is 0 Å². The minimum atomic E-state index is -0.286. The van der Waals surface area contributed by atoms with Gasteiger partial charge in [-0.25, -0.2) is 9.67 Å². The molecule has 0 radical (unpaired) electrons. The molecule has 0 aromatic carbocycles. The van der Waals surface area contributed by atoms with Gasteiger partial charge >= 0.3 is 0 Å². The molecule has 2 aromatic heterocycles. The third-order valence-corrected chi connectivity index (χ3v) is 3.08. The van der Waals surface area contributed by atoms with E-state index in [0.29, 0.717) is 11.2 Å². The fourth-order valence-electron chi connectivity index (χ4n) is 2.06. The van der Waals surface area contributed by atoms with Crippen LogP contribution >= 0.6 is 0 Å². The van der Waals surface area contributed by atoms with Crippen molar-refractivity contribution in [3.63, 3.8) is 0 Å². The highest BCUT2D eigenvalue weighted by Gasteiger charge is 2.17. The van der Waals surface area contributed by atoms with Gasteiger partial charge in [0.2, 0.25) is 0 Å². The first-order chi connectivity index (χ1) is 9.43. The van der Waals surface area contributed by atoms with Crippen LogP contribution in [0.5, 0.6) is 0 Å². The van der Waals surface area contributed by atoms with Crippen LogP contribution in [0, 0.1) is 6.92 Å². The first-order valence-electron chi connectivity index (χ1n) is 6.70. The van der Waals surface area contributed by atoms with Gasteiger partial charge in [0.1, 0.15) is 0 Å². The maximum absolute atomic E-state index is 12.3. The summed E-state index contributed by atoms with van der Waals surface area (Å²) in [5.74, 6) is -0.217. The van der Waals surface area contributed by atoms with E-state index in [9.17, 15) is 4.79 Å². The number of aliphatic hydroxyl groups is 1. The molecule has 0 saturated carbocycles. The Bertz CT molecular complexity index is 633. The van der Waals surface area contributed by atoms with Crippen LogP contribution in [0.3, 0.4) is 0 Å². The molecule has 0 aliphatic heterocycles. The van der Waals surface area contributed by atoms with Crippen molar-refractivity contribution in [1.82, 2.24) is 20.1 Å². The number of aryl methyl sites for hydroxylation is 1. The quantitative estimate of drug-likeness (QED) is 0.885. The highest BCUT2D eigenvalue weighted by Crippen LogP contribution is 2.21. The summed E-state index contributed by atoms with van der Waals surface area (Å²) in [4.78, 5) is 16.7. The second-order valence-electron chi connectivity index (χ2n) is 5.29. The topological polar surface area (TPSA) is 80.0 Å². The van der Waals surface area contributed by atoms with Crippen LogP contribution in [0.1, 0.15) is 42.9 Å². The fraction of sp³-hybridized carbons (Fsp3) is 0.500. The molecule has 1 atom stereocenters. The number of hydrogen-bond donors (Lipinski definition) is 2. The summed E-state index contributed by atoms with van der Waals surface area (Å²) in [5, 5.41) is 16.8. The van der Waals surface area contributed by atoms with Crippen LogP contribution in [0.2, 0.25) is 0 Å². The van der Waals surface area contributed by atoms with Crippen LogP contribution < -0.4 is 5.32 Å². The highest BCUT2D eigenvalue weighted by atomic mass is 16.3. The standard InChI is InChI=1S/C14H20N4O2/c1-8(2)18-13-12(6-15-18)11(5-9(3)16-13)14(20)17-10(4)7-19/h5-6,8,10,19H,7H2,1-4H3,(H,17,20). The van der Waals surface area contributed by atoms with Crippen molar-refractivity contribution in [2.24, 2.45) is 0 Å². The molecule has 0 aliphatic carbocycles. The number of hydrogen-bond acceptors (Lipinski definition) is 4. The lowest BCUT2D eigenvalue weighted by atomic mass is 10.1. The van der Waals surface area contributed by atoms with Crippen molar-refractivity contribution in [3.8, 4) is 0 Å². The molecule has 2 N–H and O–H groups in total. The minimum absolute atomic E-state index is 0.0931. The third-order valence-electron chi connectivity index (χ3n) is 3.08. The van der Waals surface area contributed by atoms with Gasteiger partial charge in [-0.15, -0.1) is 0 Å². The van der Waals surface area contributed by atoms with Gasteiger partial charge < -0.3 is 10.4 Å². The van der Waals surface area contributed by atoms with E-state index in [4.69, 9.17) is 5.11 Å². The number of fused-ring (bicyclic) bond motifs is 1. The summed E-state index contributed by atoms with van der Waals surface area (Å²) in [6.45, 7) is 7.54. The third kappa shape index (κ3) is 2.65. The van der Waals surface area contributed by atoms with Crippen LogP contribution in [0.25, 0.3) is 11.0 Å². The molecular formula is C14H20N4O2. The number of rotatable bonds is 4. The lowest BCUT2D eigenvalue weighted by molar-refractivity contribution is 0.0924. The molecule has 0 bridgehead atoms. The number of pyridine rings is 1. The first kappa shape index (κ1) is 14.5. The Balaban J connectivity index is 2.51. The molecule has 2 aromatic rings. The summed E-state index contributed by atoms with van der Waals surface area (Å²) in [6.07, 6.45) is 1.67. The number of carbonyl (C=O) groups is 1. The Hall–Kier alpha value is -1.95. The van der Waals surface area contributed by atoms with Crippen LogP contribution in [-0.4, -0.2) is 38.4 Å². The molecule has 108 valence electrons. The number of amides is 1. The van der Waals surface area contributed by atoms with E-state index in [2.05, 4.69) is 15.4 Å². The summed E-state index contributed by atoms with van der Waals surface area (Å²) >= 11 is 0. The number of aromatic nitrogens is 3. The predicted octanol–water partition coefficient (Wildman–Crippen LogP) is 1.43. The van der Waals surface area contributed by atoms with Gasteiger partial charge in [0.05, 0.1) is 23.8 Å². The zero-order valence-corrected chi connectivity index (χ0v) is 12.2. The highest BCUT2D eigenvalue weighted by molar-refractivity contribution is 6.05. The maximum Gasteiger partial charge on any atom is 0.252 e. The average Bonchev–Trinajstić information content (AvgIpc) is 2.80. The number of aliphatic hydroxyl groups excluding tert-OH is 1. The molecule has 20 heavy (non-hydrogen) atoms. The van der Waals surface area contributed by atoms with Gasteiger partial charge in [0.15, 0.2) is 5.65 Å². The largest absolute Gasteiger partial charge is 0.394 e. The van der Waals surface area contributed by atoms with Gasteiger partial charge in [-0.05, 0) is 33.8 Å². The lowest BCUT2D eigenvalue weighted by Crippen LogP contribution is -2.35. The van der Waals surface area contributed by atoms with Crippen LogP contribution in [-0.2, 0) is 0 Å². The molecule has 0 spiro atoms. The van der Waals surface area contributed by atoms with E-state index in [1.54, 1.807) is 23.9 Å².